The first-order chi connectivity index (χ1) is 11.6. The van der Waals surface area contributed by atoms with Crippen molar-refractivity contribution < 1.29 is 18.7 Å². The maximum Gasteiger partial charge on any atom is 0.336 e. The lowest BCUT2D eigenvalue weighted by atomic mass is 9.76. The van der Waals surface area contributed by atoms with Gasteiger partial charge in [-0.1, -0.05) is 30.4 Å². The Hall–Kier alpha value is -2.69. The molecule has 0 unspecified atom stereocenters. The van der Waals surface area contributed by atoms with Crippen molar-refractivity contribution in [3.8, 4) is 0 Å². The predicted octanol–water partition coefficient (Wildman–Crippen LogP) is 4.49. The van der Waals surface area contributed by atoms with Crippen LogP contribution in [0, 0.1) is 17.6 Å². The van der Waals surface area contributed by atoms with Crippen LogP contribution in [0.25, 0.3) is 0 Å². The molecule has 1 heterocycles. The van der Waals surface area contributed by atoms with Gasteiger partial charge in [-0.05, 0) is 35.6 Å². The number of nitrogens with one attached hydrogen (secondary N) is 1. The lowest BCUT2D eigenvalue weighted by molar-refractivity contribution is 0.0694. The third-order valence-corrected chi connectivity index (χ3v) is 4.91. The topological polar surface area (TPSA) is 49.3 Å². The van der Waals surface area contributed by atoms with Crippen LogP contribution in [-0.2, 0) is 0 Å². The monoisotopic (exact) mass is 327 g/mol. The van der Waals surface area contributed by atoms with Gasteiger partial charge in [0.05, 0.1) is 17.3 Å². The molecule has 0 amide bonds. The second-order valence-electron chi connectivity index (χ2n) is 6.22. The van der Waals surface area contributed by atoms with Gasteiger partial charge in [-0.25, -0.2) is 13.6 Å². The molecule has 3 nitrogen and oxygen atoms in total. The Morgan fingerprint density at radius 1 is 1.17 bits per heavy atom. The molecule has 0 saturated heterocycles. The molecule has 122 valence electrons. The first-order valence-corrected chi connectivity index (χ1v) is 7.80. The van der Waals surface area contributed by atoms with Crippen LogP contribution in [0.3, 0.4) is 0 Å². The molecule has 1 aliphatic heterocycles. The molecule has 0 aromatic heterocycles. The number of anilines is 1. The van der Waals surface area contributed by atoms with E-state index in [0.717, 1.165) is 12.5 Å². The SMILES string of the molecule is O=C(O)c1ccccc1[C@@H]1Nc2c(F)cc(F)cc2[C@H]2C=CC[C@@H]21. The first-order valence-electron chi connectivity index (χ1n) is 7.80. The van der Waals surface area contributed by atoms with Crippen molar-refractivity contribution >= 4 is 11.7 Å². The van der Waals surface area contributed by atoms with E-state index in [2.05, 4.69) is 5.32 Å². The molecular weight excluding hydrogens is 312 g/mol. The zero-order chi connectivity index (χ0) is 16.8. The quantitative estimate of drug-likeness (QED) is 0.799. The van der Waals surface area contributed by atoms with Crippen LogP contribution < -0.4 is 5.32 Å². The number of halogens is 2. The minimum atomic E-state index is -1.01. The summed E-state index contributed by atoms with van der Waals surface area (Å²) in [6.45, 7) is 0. The normalized spacial score (nSPS) is 24.2. The van der Waals surface area contributed by atoms with Crippen molar-refractivity contribution in [2.24, 2.45) is 5.92 Å². The van der Waals surface area contributed by atoms with E-state index in [9.17, 15) is 18.7 Å². The number of hydrogen-bond donors (Lipinski definition) is 2. The highest BCUT2D eigenvalue weighted by Crippen LogP contribution is 2.51. The zero-order valence-electron chi connectivity index (χ0n) is 12.7. The average molecular weight is 327 g/mol. The minimum Gasteiger partial charge on any atom is -0.478 e. The number of benzene rings is 2. The molecule has 2 N–H and O–H groups in total. The molecule has 24 heavy (non-hydrogen) atoms. The third-order valence-electron chi connectivity index (χ3n) is 4.91. The van der Waals surface area contributed by atoms with Crippen LogP contribution in [0.4, 0.5) is 14.5 Å². The summed E-state index contributed by atoms with van der Waals surface area (Å²) in [7, 11) is 0. The fraction of sp³-hybridized carbons (Fsp3) is 0.211. The summed E-state index contributed by atoms with van der Waals surface area (Å²) in [4.78, 5) is 11.5. The molecule has 0 spiro atoms. The Morgan fingerprint density at radius 2 is 1.96 bits per heavy atom. The molecule has 1 aliphatic carbocycles. The molecule has 0 saturated carbocycles. The van der Waals surface area contributed by atoms with Gasteiger partial charge in [0, 0.05) is 12.0 Å². The summed E-state index contributed by atoms with van der Waals surface area (Å²) in [6.07, 6.45) is 4.68. The van der Waals surface area contributed by atoms with Crippen molar-refractivity contribution in [1.29, 1.82) is 0 Å². The van der Waals surface area contributed by atoms with Crippen LogP contribution in [0.2, 0.25) is 0 Å². The first kappa shape index (κ1) is 14.9. The van der Waals surface area contributed by atoms with E-state index in [-0.39, 0.29) is 29.1 Å². The molecule has 0 radical (unpaired) electrons. The van der Waals surface area contributed by atoms with E-state index in [4.69, 9.17) is 0 Å². The maximum absolute atomic E-state index is 14.3. The highest BCUT2D eigenvalue weighted by molar-refractivity contribution is 5.89. The van der Waals surface area contributed by atoms with Gasteiger partial charge in [0.25, 0.3) is 0 Å². The van der Waals surface area contributed by atoms with Crippen molar-refractivity contribution in [2.75, 3.05) is 5.32 Å². The predicted molar refractivity (Wildman–Crippen MR) is 86.1 cm³/mol. The van der Waals surface area contributed by atoms with Gasteiger partial charge in [-0.3, -0.25) is 0 Å². The Bertz CT molecular complexity index is 862. The lowest BCUT2D eigenvalue weighted by Gasteiger charge is -2.38. The van der Waals surface area contributed by atoms with E-state index < -0.39 is 17.6 Å². The van der Waals surface area contributed by atoms with Crippen LogP contribution in [-0.4, -0.2) is 11.1 Å². The number of hydrogen-bond acceptors (Lipinski definition) is 2. The standard InChI is InChI=1S/C19H15F2NO2/c20-10-8-15-11-6-3-7-12(11)17(22-18(15)16(21)9-10)13-4-1-2-5-14(13)19(23)24/h1-6,8-9,11-12,17,22H,7H2,(H,23,24)/t11-,12-,17+/m0/s1. The summed E-state index contributed by atoms with van der Waals surface area (Å²) in [5, 5.41) is 12.6. The van der Waals surface area contributed by atoms with Gasteiger partial charge >= 0.3 is 5.97 Å². The summed E-state index contributed by atoms with van der Waals surface area (Å²) < 4.78 is 27.9. The third kappa shape index (κ3) is 2.19. The second-order valence-corrected chi connectivity index (χ2v) is 6.22. The van der Waals surface area contributed by atoms with E-state index in [1.165, 1.54) is 6.07 Å². The van der Waals surface area contributed by atoms with Gasteiger partial charge in [0.15, 0.2) is 0 Å². The van der Waals surface area contributed by atoms with Crippen molar-refractivity contribution in [3.05, 3.63) is 76.9 Å². The molecule has 5 heteroatoms. The van der Waals surface area contributed by atoms with Crippen LogP contribution in [0.5, 0.6) is 0 Å². The van der Waals surface area contributed by atoms with Crippen LogP contribution >= 0.6 is 0 Å². The number of carbonyl (C=O) groups is 1. The summed E-state index contributed by atoms with van der Waals surface area (Å²) >= 11 is 0. The summed E-state index contributed by atoms with van der Waals surface area (Å²) in [5.74, 6) is -2.36. The van der Waals surface area contributed by atoms with E-state index in [1.807, 2.05) is 12.2 Å². The largest absolute Gasteiger partial charge is 0.478 e. The van der Waals surface area contributed by atoms with Crippen LogP contribution in [0.15, 0.2) is 48.6 Å². The lowest BCUT2D eigenvalue weighted by Crippen LogP contribution is -2.31. The van der Waals surface area contributed by atoms with Crippen molar-refractivity contribution in [3.63, 3.8) is 0 Å². The molecular formula is C19H15F2NO2. The number of carboxylic acids is 1. The molecule has 2 aromatic carbocycles. The molecule has 0 fully saturated rings. The molecule has 3 atom stereocenters. The van der Waals surface area contributed by atoms with Gasteiger partial charge in [0.2, 0.25) is 0 Å². The smallest absolute Gasteiger partial charge is 0.336 e. The van der Waals surface area contributed by atoms with E-state index in [0.29, 0.717) is 11.1 Å². The Kier molecular flexibility index (Phi) is 3.37. The van der Waals surface area contributed by atoms with Gasteiger partial charge < -0.3 is 10.4 Å². The molecule has 4 rings (SSSR count). The molecule has 2 aliphatic rings. The fourth-order valence-electron chi connectivity index (χ4n) is 3.89. The fourth-order valence-corrected chi connectivity index (χ4v) is 3.89. The van der Waals surface area contributed by atoms with Crippen molar-refractivity contribution in [2.45, 2.75) is 18.4 Å². The maximum atomic E-state index is 14.3. The number of rotatable bonds is 2. The van der Waals surface area contributed by atoms with Gasteiger partial charge in [-0.2, -0.15) is 0 Å². The summed E-state index contributed by atoms with van der Waals surface area (Å²) in [5.41, 5.74) is 1.68. The average Bonchev–Trinajstić information content (AvgIpc) is 3.04. The number of aromatic carboxylic acids is 1. The van der Waals surface area contributed by atoms with E-state index >= 15 is 0 Å². The second kappa shape index (κ2) is 5.44. The minimum absolute atomic E-state index is 0.0270. The summed E-state index contributed by atoms with van der Waals surface area (Å²) in [6, 6.07) is 8.62. The highest BCUT2D eigenvalue weighted by atomic mass is 19.1. The van der Waals surface area contributed by atoms with Gasteiger partial charge in [0.1, 0.15) is 11.6 Å². The van der Waals surface area contributed by atoms with E-state index in [1.54, 1.807) is 24.3 Å². The van der Waals surface area contributed by atoms with Gasteiger partial charge in [-0.15, -0.1) is 0 Å². The van der Waals surface area contributed by atoms with Crippen molar-refractivity contribution in [1.82, 2.24) is 0 Å². The Morgan fingerprint density at radius 3 is 2.75 bits per heavy atom. The molecule has 2 aromatic rings. The Labute approximate surface area is 137 Å². The molecule has 0 bridgehead atoms. The zero-order valence-corrected chi connectivity index (χ0v) is 12.7. The van der Waals surface area contributed by atoms with Crippen LogP contribution in [0.1, 0.15) is 39.9 Å². The highest BCUT2D eigenvalue weighted by Gasteiger charge is 2.40. The Balaban J connectivity index is 1.86. The number of allylic oxidation sites excluding steroid dienone is 2. The number of fused-ring (bicyclic) bond motifs is 3. The number of carboxylic acid groups (broad SMARTS) is 1.